The van der Waals surface area contributed by atoms with Gasteiger partial charge >= 0.3 is 0 Å². The first-order valence-electron chi connectivity index (χ1n) is 7.88. The number of carbonyl (C=O) groups excluding carboxylic acids is 1. The van der Waals surface area contributed by atoms with E-state index in [1.807, 2.05) is 0 Å². The molecule has 1 aliphatic carbocycles. The van der Waals surface area contributed by atoms with Crippen LogP contribution in [0.3, 0.4) is 0 Å². The molecule has 3 unspecified atom stereocenters. The number of hydrogen-bond donors (Lipinski definition) is 1. The molecular weight excluding hydrogens is 240 g/mol. The van der Waals surface area contributed by atoms with Gasteiger partial charge in [-0.05, 0) is 39.0 Å². The number of nitrogens with zero attached hydrogens (tertiary/aromatic N) is 1. The maximum absolute atomic E-state index is 12.9. The first kappa shape index (κ1) is 13.4. The zero-order valence-corrected chi connectivity index (χ0v) is 12.2. The van der Waals surface area contributed by atoms with Crippen molar-refractivity contribution in [3.8, 4) is 0 Å². The minimum Gasteiger partial charge on any atom is -0.378 e. The van der Waals surface area contributed by atoms with Gasteiger partial charge in [-0.2, -0.15) is 0 Å². The normalized spacial score (nSPS) is 38.3. The summed E-state index contributed by atoms with van der Waals surface area (Å²) in [5.74, 6) is 0.371. The van der Waals surface area contributed by atoms with Gasteiger partial charge in [0.05, 0.1) is 17.8 Å². The van der Waals surface area contributed by atoms with Crippen molar-refractivity contribution in [3.63, 3.8) is 0 Å². The van der Waals surface area contributed by atoms with Crippen LogP contribution in [0.5, 0.6) is 0 Å². The van der Waals surface area contributed by atoms with E-state index >= 15 is 0 Å². The van der Waals surface area contributed by atoms with E-state index < -0.39 is 0 Å². The van der Waals surface area contributed by atoms with Crippen molar-refractivity contribution in [2.24, 2.45) is 0 Å². The third-order valence-electron chi connectivity index (χ3n) is 5.12. The molecule has 1 N–H and O–H groups in total. The molecule has 4 heteroatoms. The van der Waals surface area contributed by atoms with Gasteiger partial charge in [0, 0.05) is 12.6 Å². The summed E-state index contributed by atoms with van der Waals surface area (Å²) in [5, 5.41) is 3.66. The van der Waals surface area contributed by atoms with E-state index in [1.54, 1.807) is 0 Å². The summed E-state index contributed by atoms with van der Waals surface area (Å²) in [7, 11) is 0. The predicted molar refractivity (Wildman–Crippen MR) is 73.7 cm³/mol. The van der Waals surface area contributed by atoms with Gasteiger partial charge in [0.1, 0.15) is 0 Å². The third kappa shape index (κ3) is 2.19. The van der Waals surface area contributed by atoms with E-state index in [9.17, 15) is 4.79 Å². The van der Waals surface area contributed by atoms with Gasteiger partial charge in [-0.25, -0.2) is 0 Å². The van der Waals surface area contributed by atoms with Gasteiger partial charge in [0.15, 0.2) is 0 Å². The first-order chi connectivity index (χ1) is 9.16. The van der Waals surface area contributed by atoms with Gasteiger partial charge in [0.2, 0.25) is 5.91 Å². The van der Waals surface area contributed by atoms with Crippen LogP contribution < -0.4 is 5.32 Å². The second-order valence-electron chi connectivity index (χ2n) is 6.43. The molecule has 0 aromatic heterocycles. The lowest BCUT2D eigenvalue weighted by molar-refractivity contribution is -0.138. The highest BCUT2D eigenvalue weighted by Crippen LogP contribution is 2.39. The Bertz CT molecular complexity index is 352. The van der Waals surface area contributed by atoms with Crippen molar-refractivity contribution in [3.05, 3.63) is 0 Å². The average molecular weight is 266 g/mol. The molecule has 1 spiro atoms. The Morgan fingerprint density at radius 2 is 2.16 bits per heavy atom. The molecule has 4 nitrogen and oxygen atoms in total. The minimum absolute atomic E-state index is 0.220. The summed E-state index contributed by atoms with van der Waals surface area (Å²) < 4.78 is 5.63. The molecule has 1 saturated carbocycles. The third-order valence-corrected chi connectivity index (χ3v) is 5.12. The van der Waals surface area contributed by atoms with Crippen molar-refractivity contribution < 1.29 is 9.53 Å². The standard InChI is InChI=1S/C15H26N2O2/c1-3-13-16-15(7-4-5-8-15)14(18)17(13)12-6-9-19-11(2)10-12/h11-13,16H,3-10H2,1-2H3. The molecule has 19 heavy (non-hydrogen) atoms. The molecular formula is C15H26N2O2. The molecule has 2 heterocycles. The van der Waals surface area contributed by atoms with E-state index in [0.717, 1.165) is 38.7 Å². The van der Waals surface area contributed by atoms with Crippen LogP contribution in [0.15, 0.2) is 0 Å². The van der Waals surface area contributed by atoms with E-state index in [1.165, 1.54) is 12.8 Å². The Kier molecular flexibility index (Phi) is 3.56. The second-order valence-corrected chi connectivity index (χ2v) is 6.43. The minimum atomic E-state index is -0.220. The molecule has 3 rings (SSSR count). The van der Waals surface area contributed by atoms with Gasteiger partial charge in [-0.15, -0.1) is 0 Å². The molecule has 0 aromatic carbocycles. The maximum Gasteiger partial charge on any atom is 0.244 e. The lowest BCUT2D eigenvalue weighted by Gasteiger charge is -2.37. The number of rotatable bonds is 2. The Hall–Kier alpha value is -0.610. The largest absolute Gasteiger partial charge is 0.378 e. The molecule has 2 aliphatic heterocycles. The zero-order valence-electron chi connectivity index (χ0n) is 12.2. The SMILES string of the molecule is CCC1NC2(CCCC2)C(=O)N1C1CCOC(C)C1. The second kappa shape index (κ2) is 5.06. The van der Waals surface area contributed by atoms with Crippen LogP contribution >= 0.6 is 0 Å². The van der Waals surface area contributed by atoms with Crippen LogP contribution in [-0.2, 0) is 9.53 Å². The fourth-order valence-electron chi connectivity index (χ4n) is 4.12. The summed E-state index contributed by atoms with van der Waals surface area (Å²) in [6.45, 7) is 5.08. The van der Waals surface area contributed by atoms with Crippen molar-refractivity contribution in [2.45, 2.75) is 82.6 Å². The van der Waals surface area contributed by atoms with Gasteiger partial charge in [-0.1, -0.05) is 19.8 Å². The Morgan fingerprint density at radius 1 is 1.42 bits per heavy atom. The zero-order chi connectivity index (χ0) is 13.5. The molecule has 2 saturated heterocycles. The van der Waals surface area contributed by atoms with Crippen molar-refractivity contribution in [1.29, 1.82) is 0 Å². The van der Waals surface area contributed by atoms with Crippen LogP contribution in [0.2, 0.25) is 0 Å². The van der Waals surface area contributed by atoms with E-state index in [0.29, 0.717) is 11.9 Å². The fourth-order valence-corrected chi connectivity index (χ4v) is 4.12. The predicted octanol–water partition coefficient (Wildman–Crippen LogP) is 2.03. The van der Waals surface area contributed by atoms with Crippen LogP contribution in [0.1, 0.15) is 58.8 Å². The monoisotopic (exact) mass is 266 g/mol. The molecule has 0 bridgehead atoms. The highest BCUT2D eigenvalue weighted by Gasteiger charge is 2.53. The smallest absolute Gasteiger partial charge is 0.244 e. The fraction of sp³-hybridized carbons (Fsp3) is 0.933. The van der Waals surface area contributed by atoms with E-state index in [2.05, 4.69) is 24.1 Å². The van der Waals surface area contributed by atoms with Crippen LogP contribution in [0, 0.1) is 0 Å². The Labute approximate surface area is 115 Å². The van der Waals surface area contributed by atoms with Crippen LogP contribution in [0.25, 0.3) is 0 Å². The number of amides is 1. The van der Waals surface area contributed by atoms with Crippen molar-refractivity contribution in [1.82, 2.24) is 10.2 Å². The first-order valence-corrected chi connectivity index (χ1v) is 7.88. The highest BCUT2D eigenvalue weighted by molar-refractivity contribution is 5.89. The number of ether oxygens (including phenoxy) is 1. The molecule has 0 aromatic rings. The van der Waals surface area contributed by atoms with Crippen LogP contribution in [-0.4, -0.2) is 41.3 Å². The summed E-state index contributed by atoms with van der Waals surface area (Å²) >= 11 is 0. The molecule has 3 fully saturated rings. The van der Waals surface area contributed by atoms with Gasteiger partial charge < -0.3 is 9.64 Å². The van der Waals surface area contributed by atoms with Crippen molar-refractivity contribution in [2.75, 3.05) is 6.61 Å². The average Bonchev–Trinajstić information content (AvgIpc) is 2.97. The summed E-state index contributed by atoms with van der Waals surface area (Å²) in [6.07, 6.45) is 7.92. The summed E-state index contributed by atoms with van der Waals surface area (Å²) in [6, 6.07) is 0.369. The molecule has 3 aliphatic rings. The summed E-state index contributed by atoms with van der Waals surface area (Å²) in [5.41, 5.74) is -0.220. The number of carbonyl (C=O) groups is 1. The molecule has 3 atom stereocenters. The van der Waals surface area contributed by atoms with Crippen LogP contribution in [0.4, 0.5) is 0 Å². The van der Waals surface area contributed by atoms with E-state index in [-0.39, 0.29) is 17.8 Å². The lowest BCUT2D eigenvalue weighted by Crippen LogP contribution is -2.48. The Morgan fingerprint density at radius 3 is 2.79 bits per heavy atom. The highest BCUT2D eigenvalue weighted by atomic mass is 16.5. The molecule has 0 radical (unpaired) electrons. The van der Waals surface area contributed by atoms with Gasteiger partial charge in [0.25, 0.3) is 0 Å². The summed E-state index contributed by atoms with van der Waals surface area (Å²) in [4.78, 5) is 15.1. The molecule has 1 amide bonds. The van der Waals surface area contributed by atoms with Gasteiger partial charge in [-0.3, -0.25) is 10.1 Å². The van der Waals surface area contributed by atoms with E-state index in [4.69, 9.17) is 4.74 Å². The number of nitrogens with one attached hydrogen (secondary N) is 1. The topological polar surface area (TPSA) is 41.6 Å². The quantitative estimate of drug-likeness (QED) is 0.831. The molecule has 108 valence electrons. The number of hydrogen-bond acceptors (Lipinski definition) is 3. The lowest BCUT2D eigenvalue weighted by atomic mass is 9.96. The van der Waals surface area contributed by atoms with Crippen molar-refractivity contribution >= 4 is 5.91 Å². The Balaban J connectivity index is 1.80. The maximum atomic E-state index is 12.9.